The molecule has 0 radical (unpaired) electrons. The van der Waals surface area contributed by atoms with Gasteiger partial charge in [0.05, 0.1) is 28.6 Å². The fourth-order valence-electron chi connectivity index (χ4n) is 2.55. The van der Waals surface area contributed by atoms with E-state index in [1.807, 2.05) is 0 Å². The number of nitrogens with zero attached hydrogens (tertiary/aromatic N) is 1. The number of amides is 2. The largest absolute Gasteiger partial charge is 0.479 e. The minimum atomic E-state index is -0.583. The first kappa shape index (κ1) is 22.5. The number of hydrogen-bond donors (Lipinski definition) is 0. The Morgan fingerprint density at radius 2 is 1.73 bits per heavy atom. The summed E-state index contributed by atoms with van der Waals surface area (Å²) in [6.45, 7) is -0.208. The van der Waals surface area contributed by atoms with E-state index in [4.69, 9.17) is 39.5 Å². The first-order valence-electron chi connectivity index (χ1n) is 8.47. The average Bonchev–Trinajstić information content (AvgIpc) is 2.96. The van der Waals surface area contributed by atoms with Crippen molar-refractivity contribution in [3.63, 3.8) is 0 Å². The van der Waals surface area contributed by atoms with E-state index in [1.165, 1.54) is 25.3 Å². The SMILES string of the molecule is COC(=O)COc1c(Cl)cc(/C=C2/SC(=O)N(Cc3ccc(Cl)cc3)C2=O)cc1Cl. The van der Waals surface area contributed by atoms with Gasteiger partial charge < -0.3 is 9.47 Å². The van der Waals surface area contributed by atoms with Crippen LogP contribution in [-0.2, 0) is 20.9 Å². The van der Waals surface area contributed by atoms with Crippen molar-refractivity contribution in [3.05, 3.63) is 67.5 Å². The van der Waals surface area contributed by atoms with Crippen molar-refractivity contribution in [2.24, 2.45) is 0 Å². The van der Waals surface area contributed by atoms with Gasteiger partial charge in [0.1, 0.15) is 0 Å². The number of ether oxygens (including phenoxy) is 2. The van der Waals surface area contributed by atoms with Gasteiger partial charge in [-0.2, -0.15) is 0 Å². The zero-order valence-corrected chi connectivity index (χ0v) is 18.6. The van der Waals surface area contributed by atoms with E-state index in [0.29, 0.717) is 10.6 Å². The van der Waals surface area contributed by atoms with E-state index in [1.54, 1.807) is 24.3 Å². The summed E-state index contributed by atoms with van der Waals surface area (Å²) in [6.07, 6.45) is 1.52. The number of hydrogen-bond acceptors (Lipinski definition) is 6. The van der Waals surface area contributed by atoms with Gasteiger partial charge in [0.15, 0.2) is 12.4 Å². The molecule has 30 heavy (non-hydrogen) atoms. The van der Waals surface area contributed by atoms with Crippen LogP contribution in [0.1, 0.15) is 11.1 Å². The third kappa shape index (κ3) is 5.29. The molecule has 1 aliphatic heterocycles. The lowest BCUT2D eigenvalue weighted by atomic mass is 10.2. The summed E-state index contributed by atoms with van der Waals surface area (Å²) >= 11 is 19.1. The summed E-state index contributed by atoms with van der Waals surface area (Å²) in [7, 11) is 1.23. The standard InChI is InChI=1S/C20H14Cl3NO5S/c1-28-17(25)10-29-18-14(22)6-12(7-15(18)23)8-16-19(26)24(20(27)30-16)9-11-2-4-13(21)5-3-11/h2-8H,9-10H2,1H3/b16-8+. The summed E-state index contributed by atoms with van der Waals surface area (Å²) in [6, 6.07) is 9.93. The van der Waals surface area contributed by atoms with Crippen molar-refractivity contribution in [2.45, 2.75) is 6.54 Å². The summed E-state index contributed by atoms with van der Waals surface area (Å²) in [4.78, 5) is 37.6. The lowest BCUT2D eigenvalue weighted by Gasteiger charge is -2.12. The Kier molecular flexibility index (Phi) is 7.31. The van der Waals surface area contributed by atoms with Gasteiger partial charge in [0.2, 0.25) is 0 Å². The number of rotatable bonds is 6. The number of thioether (sulfide) groups is 1. The average molecular weight is 487 g/mol. The number of carbonyl (C=O) groups excluding carboxylic acids is 3. The van der Waals surface area contributed by atoms with E-state index < -0.39 is 11.9 Å². The Morgan fingerprint density at radius 3 is 2.33 bits per heavy atom. The third-order valence-electron chi connectivity index (χ3n) is 4.01. The fourth-order valence-corrected chi connectivity index (χ4v) is 4.13. The van der Waals surface area contributed by atoms with Crippen LogP contribution in [0.3, 0.4) is 0 Å². The zero-order valence-electron chi connectivity index (χ0n) is 15.5. The molecule has 2 aromatic rings. The monoisotopic (exact) mass is 485 g/mol. The van der Waals surface area contributed by atoms with Crippen LogP contribution >= 0.6 is 46.6 Å². The smallest absolute Gasteiger partial charge is 0.343 e. The minimum Gasteiger partial charge on any atom is -0.479 e. The van der Waals surface area contributed by atoms with Crippen LogP contribution in [0.2, 0.25) is 15.1 Å². The molecule has 0 bridgehead atoms. The Morgan fingerprint density at radius 1 is 1.10 bits per heavy atom. The maximum Gasteiger partial charge on any atom is 0.343 e. The molecule has 1 aliphatic rings. The van der Waals surface area contributed by atoms with Crippen molar-refractivity contribution < 1.29 is 23.9 Å². The number of methoxy groups -OCH3 is 1. The number of carbonyl (C=O) groups is 3. The molecule has 1 fully saturated rings. The lowest BCUT2D eigenvalue weighted by Crippen LogP contribution is -2.27. The topological polar surface area (TPSA) is 72.9 Å². The molecular formula is C20H14Cl3NO5S. The predicted octanol–water partition coefficient (Wildman–Crippen LogP) is 5.44. The highest BCUT2D eigenvalue weighted by Crippen LogP contribution is 2.37. The summed E-state index contributed by atoms with van der Waals surface area (Å²) in [5.41, 5.74) is 1.29. The molecule has 0 spiro atoms. The van der Waals surface area contributed by atoms with Crippen LogP contribution in [0, 0.1) is 0 Å². The first-order chi connectivity index (χ1) is 14.3. The van der Waals surface area contributed by atoms with Gasteiger partial charge in [-0.1, -0.05) is 46.9 Å². The van der Waals surface area contributed by atoms with E-state index >= 15 is 0 Å². The van der Waals surface area contributed by atoms with Gasteiger partial charge in [-0.3, -0.25) is 14.5 Å². The third-order valence-corrected chi connectivity index (χ3v) is 5.73. The molecule has 0 aromatic heterocycles. The molecular weight excluding hydrogens is 473 g/mol. The van der Waals surface area contributed by atoms with Crippen molar-refractivity contribution >= 4 is 69.8 Å². The molecule has 2 amide bonds. The maximum atomic E-state index is 12.7. The summed E-state index contributed by atoms with van der Waals surface area (Å²) in [5, 5.41) is 0.494. The van der Waals surface area contributed by atoms with Crippen LogP contribution in [0.5, 0.6) is 5.75 Å². The Bertz CT molecular complexity index is 1020. The Hall–Kier alpha value is -2.19. The van der Waals surface area contributed by atoms with Gasteiger partial charge in [-0.25, -0.2) is 4.79 Å². The van der Waals surface area contributed by atoms with Crippen molar-refractivity contribution in [2.75, 3.05) is 13.7 Å². The highest BCUT2D eigenvalue weighted by molar-refractivity contribution is 8.18. The van der Waals surface area contributed by atoms with E-state index in [9.17, 15) is 14.4 Å². The van der Waals surface area contributed by atoms with Crippen LogP contribution in [0.4, 0.5) is 4.79 Å². The van der Waals surface area contributed by atoms with Gasteiger partial charge in [-0.15, -0.1) is 0 Å². The maximum absolute atomic E-state index is 12.7. The normalized spacial score (nSPS) is 15.1. The minimum absolute atomic E-state index is 0.122. The Balaban J connectivity index is 1.78. The van der Waals surface area contributed by atoms with E-state index in [0.717, 1.165) is 22.2 Å². The van der Waals surface area contributed by atoms with Crippen molar-refractivity contribution in [3.8, 4) is 5.75 Å². The van der Waals surface area contributed by atoms with Crippen LogP contribution in [-0.4, -0.2) is 35.7 Å². The van der Waals surface area contributed by atoms with Gasteiger partial charge in [0.25, 0.3) is 11.1 Å². The lowest BCUT2D eigenvalue weighted by molar-refractivity contribution is -0.142. The zero-order chi connectivity index (χ0) is 21.8. The predicted molar refractivity (Wildman–Crippen MR) is 117 cm³/mol. The van der Waals surface area contributed by atoms with Gasteiger partial charge >= 0.3 is 5.97 Å². The molecule has 1 heterocycles. The molecule has 0 aliphatic carbocycles. The number of benzene rings is 2. The van der Waals surface area contributed by atoms with Crippen LogP contribution in [0.25, 0.3) is 6.08 Å². The highest BCUT2D eigenvalue weighted by atomic mass is 35.5. The van der Waals surface area contributed by atoms with Crippen molar-refractivity contribution in [1.29, 1.82) is 0 Å². The van der Waals surface area contributed by atoms with E-state index in [-0.39, 0.29) is 39.1 Å². The van der Waals surface area contributed by atoms with Crippen LogP contribution < -0.4 is 4.74 Å². The number of imide groups is 1. The van der Waals surface area contributed by atoms with Crippen molar-refractivity contribution in [1.82, 2.24) is 4.90 Å². The molecule has 10 heteroatoms. The molecule has 3 rings (SSSR count). The molecule has 0 N–H and O–H groups in total. The van der Waals surface area contributed by atoms with Gasteiger partial charge in [0, 0.05) is 5.02 Å². The molecule has 1 saturated heterocycles. The second kappa shape index (κ2) is 9.75. The molecule has 0 atom stereocenters. The molecule has 6 nitrogen and oxygen atoms in total. The first-order valence-corrected chi connectivity index (χ1v) is 10.4. The molecule has 156 valence electrons. The second-order valence-electron chi connectivity index (χ2n) is 6.07. The molecule has 0 saturated carbocycles. The summed E-state index contributed by atoms with van der Waals surface area (Å²) in [5.74, 6) is -0.879. The quantitative estimate of drug-likeness (QED) is 0.400. The van der Waals surface area contributed by atoms with Gasteiger partial charge in [-0.05, 0) is 53.2 Å². The Labute approximate surface area is 191 Å². The molecule has 0 unspecified atom stereocenters. The van der Waals surface area contributed by atoms with E-state index in [2.05, 4.69) is 4.74 Å². The number of halogens is 3. The second-order valence-corrected chi connectivity index (χ2v) is 8.32. The fraction of sp³-hybridized carbons (Fsp3) is 0.150. The highest BCUT2D eigenvalue weighted by Gasteiger charge is 2.35. The summed E-state index contributed by atoms with van der Waals surface area (Å²) < 4.78 is 9.77. The number of esters is 1. The van der Waals surface area contributed by atoms with Crippen LogP contribution in [0.15, 0.2) is 41.3 Å². The molecule has 2 aromatic carbocycles.